The van der Waals surface area contributed by atoms with Gasteiger partial charge in [-0.15, -0.1) is 0 Å². The molecule has 0 heterocycles. The summed E-state index contributed by atoms with van der Waals surface area (Å²) in [5.74, 6) is -0.837. The monoisotopic (exact) mass is 215 g/mol. The number of nitrogens with zero attached hydrogens (tertiary/aromatic N) is 1. The highest BCUT2D eigenvalue weighted by atomic mass is 16.4. The van der Waals surface area contributed by atoms with E-state index in [1.54, 1.807) is 6.08 Å². The van der Waals surface area contributed by atoms with Gasteiger partial charge in [-0.05, 0) is 19.4 Å². The normalized spacial score (nSPS) is 12.1. The highest BCUT2D eigenvalue weighted by Crippen LogP contribution is 2.01. The fourth-order valence-electron chi connectivity index (χ4n) is 1.29. The van der Waals surface area contributed by atoms with Gasteiger partial charge in [0.25, 0.3) is 0 Å². The molecule has 4 nitrogen and oxygen atoms in total. The van der Waals surface area contributed by atoms with Crippen LogP contribution in [0.3, 0.4) is 0 Å². The van der Waals surface area contributed by atoms with Gasteiger partial charge in [-0.3, -0.25) is 4.90 Å². The van der Waals surface area contributed by atoms with Crippen LogP contribution in [0.15, 0.2) is 11.6 Å². The maximum atomic E-state index is 10.7. The number of carboxylic acids is 1. The first-order valence-corrected chi connectivity index (χ1v) is 5.41. The molecule has 0 aliphatic rings. The van der Waals surface area contributed by atoms with Crippen LogP contribution in [-0.2, 0) is 4.79 Å². The van der Waals surface area contributed by atoms with E-state index in [-0.39, 0.29) is 6.61 Å². The zero-order valence-electron chi connectivity index (χ0n) is 9.57. The minimum Gasteiger partial charge on any atom is -0.478 e. The molecule has 0 aliphatic carbocycles. The largest absolute Gasteiger partial charge is 0.478 e. The van der Waals surface area contributed by atoms with Crippen LogP contribution in [0.1, 0.15) is 26.7 Å². The summed E-state index contributed by atoms with van der Waals surface area (Å²) in [5, 5.41) is 17.5. The predicted octanol–water partition coefficient (Wildman–Crippen LogP) is 1.11. The Morgan fingerprint density at radius 3 is 2.47 bits per heavy atom. The van der Waals surface area contributed by atoms with Gasteiger partial charge in [0.05, 0.1) is 0 Å². The van der Waals surface area contributed by atoms with E-state index in [2.05, 4.69) is 4.90 Å². The number of aliphatic hydroxyl groups is 1. The third-order valence-electron chi connectivity index (χ3n) is 2.33. The highest BCUT2D eigenvalue weighted by Gasteiger charge is 2.05. The molecule has 2 N–H and O–H groups in total. The quantitative estimate of drug-likeness (QED) is 0.595. The highest BCUT2D eigenvalue weighted by molar-refractivity contribution is 5.86. The van der Waals surface area contributed by atoms with Crippen molar-refractivity contribution < 1.29 is 15.0 Å². The topological polar surface area (TPSA) is 60.8 Å². The molecule has 0 aliphatic heterocycles. The summed E-state index contributed by atoms with van der Waals surface area (Å²) in [6.07, 6.45) is 3.03. The van der Waals surface area contributed by atoms with Gasteiger partial charge in [0.1, 0.15) is 0 Å². The number of aliphatic hydroxyl groups excluding tert-OH is 1. The smallest absolute Gasteiger partial charge is 0.331 e. The van der Waals surface area contributed by atoms with E-state index < -0.39 is 5.97 Å². The fraction of sp³-hybridized carbons (Fsp3) is 0.727. The van der Waals surface area contributed by atoms with Crippen molar-refractivity contribution in [3.8, 4) is 0 Å². The first-order valence-electron chi connectivity index (χ1n) is 5.41. The van der Waals surface area contributed by atoms with E-state index in [0.717, 1.165) is 19.5 Å². The van der Waals surface area contributed by atoms with E-state index in [4.69, 9.17) is 10.2 Å². The van der Waals surface area contributed by atoms with E-state index in [1.165, 1.54) is 0 Å². The van der Waals surface area contributed by atoms with Crippen molar-refractivity contribution in [3.63, 3.8) is 0 Å². The summed E-state index contributed by atoms with van der Waals surface area (Å²) in [4.78, 5) is 12.8. The van der Waals surface area contributed by atoms with Crippen LogP contribution in [0.2, 0.25) is 0 Å². The second-order valence-electron chi connectivity index (χ2n) is 3.36. The van der Waals surface area contributed by atoms with Gasteiger partial charge in [-0.2, -0.15) is 0 Å². The molecule has 0 radical (unpaired) electrons. The molecule has 0 aromatic carbocycles. The third-order valence-corrected chi connectivity index (χ3v) is 2.33. The molecule has 0 aromatic rings. The Morgan fingerprint density at radius 2 is 2.07 bits per heavy atom. The minimum atomic E-state index is -0.837. The average molecular weight is 215 g/mol. The molecule has 0 aromatic heterocycles. The third kappa shape index (κ3) is 6.25. The van der Waals surface area contributed by atoms with Crippen molar-refractivity contribution in [1.29, 1.82) is 0 Å². The van der Waals surface area contributed by atoms with Crippen molar-refractivity contribution >= 4 is 5.97 Å². The van der Waals surface area contributed by atoms with E-state index in [0.29, 0.717) is 18.5 Å². The molecule has 15 heavy (non-hydrogen) atoms. The molecule has 0 amide bonds. The lowest BCUT2D eigenvalue weighted by atomic mass is 10.2. The summed E-state index contributed by atoms with van der Waals surface area (Å²) in [6, 6.07) is 0. The molecule has 0 bridgehead atoms. The van der Waals surface area contributed by atoms with Crippen LogP contribution in [0.4, 0.5) is 0 Å². The maximum absolute atomic E-state index is 10.7. The van der Waals surface area contributed by atoms with Gasteiger partial charge in [-0.1, -0.05) is 19.9 Å². The van der Waals surface area contributed by atoms with Gasteiger partial charge in [0.15, 0.2) is 0 Å². The summed E-state index contributed by atoms with van der Waals surface area (Å²) >= 11 is 0. The molecule has 0 atom stereocenters. The Balaban J connectivity index is 4.10. The van der Waals surface area contributed by atoms with Crippen molar-refractivity contribution in [3.05, 3.63) is 11.6 Å². The van der Waals surface area contributed by atoms with E-state index in [1.807, 2.05) is 13.8 Å². The van der Waals surface area contributed by atoms with Crippen LogP contribution < -0.4 is 0 Å². The summed E-state index contributed by atoms with van der Waals surface area (Å²) in [5.41, 5.74) is 0.456. The van der Waals surface area contributed by atoms with Crippen molar-refractivity contribution in [2.45, 2.75) is 26.7 Å². The molecular formula is C11H21NO3. The Hall–Kier alpha value is -0.870. The summed E-state index contributed by atoms with van der Waals surface area (Å²) in [6.45, 7) is 6.36. The number of carbonyl (C=O) groups is 1. The lowest BCUT2D eigenvalue weighted by Crippen LogP contribution is -2.25. The number of carboxylic acid groups (broad SMARTS) is 1. The number of likely N-dealkylation sites (N-methyl/N-ethyl adjacent to an activating group) is 1. The SMILES string of the molecule is CC/C(=C/CN(CC)CCCO)C(=O)O. The van der Waals surface area contributed by atoms with Gasteiger partial charge in [0, 0.05) is 25.3 Å². The van der Waals surface area contributed by atoms with Gasteiger partial charge < -0.3 is 10.2 Å². The number of aliphatic carboxylic acids is 1. The minimum absolute atomic E-state index is 0.180. The Bertz CT molecular complexity index is 214. The Kier molecular flexibility index (Phi) is 7.95. The molecular weight excluding hydrogens is 194 g/mol. The van der Waals surface area contributed by atoms with Crippen LogP contribution in [0, 0.1) is 0 Å². The Labute approximate surface area is 91.2 Å². The van der Waals surface area contributed by atoms with Crippen molar-refractivity contribution in [2.75, 3.05) is 26.2 Å². The van der Waals surface area contributed by atoms with E-state index in [9.17, 15) is 4.79 Å². The second-order valence-corrected chi connectivity index (χ2v) is 3.36. The molecule has 0 fully saturated rings. The summed E-state index contributed by atoms with van der Waals surface area (Å²) in [7, 11) is 0. The van der Waals surface area contributed by atoms with Crippen molar-refractivity contribution in [1.82, 2.24) is 4.90 Å². The number of rotatable bonds is 8. The van der Waals surface area contributed by atoms with Crippen LogP contribution in [0.25, 0.3) is 0 Å². The maximum Gasteiger partial charge on any atom is 0.331 e. The second kappa shape index (κ2) is 8.44. The molecule has 0 saturated carbocycles. The molecule has 4 heteroatoms. The lowest BCUT2D eigenvalue weighted by Gasteiger charge is -2.17. The molecule has 0 saturated heterocycles. The Morgan fingerprint density at radius 1 is 1.40 bits per heavy atom. The zero-order chi connectivity index (χ0) is 11.7. The number of hydrogen-bond acceptors (Lipinski definition) is 3. The fourth-order valence-corrected chi connectivity index (χ4v) is 1.29. The first kappa shape index (κ1) is 14.1. The van der Waals surface area contributed by atoms with Crippen molar-refractivity contribution in [2.24, 2.45) is 0 Å². The molecule has 0 unspecified atom stereocenters. The molecule has 88 valence electrons. The lowest BCUT2D eigenvalue weighted by molar-refractivity contribution is -0.132. The molecule has 0 rings (SSSR count). The van der Waals surface area contributed by atoms with Gasteiger partial charge in [0.2, 0.25) is 0 Å². The summed E-state index contributed by atoms with van der Waals surface area (Å²) < 4.78 is 0. The molecule has 0 spiro atoms. The number of hydrogen-bond donors (Lipinski definition) is 2. The van der Waals surface area contributed by atoms with Gasteiger partial charge >= 0.3 is 5.97 Å². The average Bonchev–Trinajstić information content (AvgIpc) is 2.23. The van der Waals surface area contributed by atoms with Crippen LogP contribution in [-0.4, -0.2) is 47.3 Å². The van der Waals surface area contributed by atoms with E-state index >= 15 is 0 Å². The van der Waals surface area contributed by atoms with Crippen LogP contribution in [0.5, 0.6) is 0 Å². The zero-order valence-corrected chi connectivity index (χ0v) is 9.57. The first-order chi connectivity index (χ1) is 7.15. The standard InChI is InChI=1S/C11H21NO3/c1-3-10(11(14)15)6-8-12(4-2)7-5-9-13/h6,13H,3-5,7-9H2,1-2H3,(H,14,15)/b10-6-. The van der Waals surface area contributed by atoms with Crippen LogP contribution >= 0.6 is 0 Å². The predicted molar refractivity (Wildman–Crippen MR) is 59.8 cm³/mol. The van der Waals surface area contributed by atoms with Gasteiger partial charge in [-0.25, -0.2) is 4.79 Å².